The summed E-state index contributed by atoms with van der Waals surface area (Å²) in [5, 5.41) is 0. The molecule has 0 aromatic heterocycles. The van der Waals surface area contributed by atoms with Crippen molar-refractivity contribution in [1.29, 1.82) is 0 Å². The van der Waals surface area contributed by atoms with Crippen molar-refractivity contribution in [2.24, 2.45) is 17.6 Å². The number of nitrogens with two attached hydrogens (primary N) is 1. The molecule has 3 unspecified atom stereocenters. The van der Waals surface area contributed by atoms with Crippen molar-refractivity contribution in [3.8, 4) is 0 Å². The van der Waals surface area contributed by atoms with E-state index in [1.54, 1.807) is 0 Å². The van der Waals surface area contributed by atoms with Gasteiger partial charge in [0.15, 0.2) is 0 Å². The van der Waals surface area contributed by atoms with Crippen LogP contribution in [0.3, 0.4) is 0 Å². The fraction of sp³-hybridized carbons (Fsp3) is 1.00. The highest BCUT2D eigenvalue weighted by Gasteiger charge is 2.39. The molecule has 2 aliphatic rings. The molecular weight excluding hydrogens is 252 g/mol. The first kappa shape index (κ1) is 15.7. The molecule has 2 fully saturated rings. The molecule has 1 saturated carbocycles. The predicted octanol–water partition coefficient (Wildman–Crippen LogP) is 3.36. The molecule has 0 radical (unpaired) electrons. The summed E-state index contributed by atoms with van der Waals surface area (Å²) in [5.74, 6) is 4.40. The van der Waals surface area contributed by atoms with Gasteiger partial charge in [0.2, 0.25) is 0 Å². The molecule has 2 nitrogen and oxygen atoms in total. The zero-order valence-corrected chi connectivity index (χ0v) is 13.8. The van der Waals surface area contributed by atoms with Crippen LogP contribution in [0.5, 0.6) is 0 Å². The van der Waals surface area contributed by atoms with Gasteiger partial charge in [-0.3, -0.25) is 4.90 Å². The third-order valence-electron chi connectivity index (χ3n) is 5.72. The van der Waals surface area contributed by atoms with Crippen molar-refractivity contribution in [2.75, 3.05) is 25.1 Å². The van der Waals surface area contributed by atoms with Crippen molar-refractivity contribution in [2.45, 2.75) is 64.0 Å². The third-order valence-corrected chi connectivity index (χ3v) is 6.87. The number of likely N-dealkylation sites (N-methyl/N-ethyl adjacent to an activating group) is 1. The van der Waals surface area contributed by atoms with E-state index in [0.717, 1.165) is 24.4 Å². The van der Waals surface area contributed by atoms with Gasteiger partial charge in [-0.15, -0.1) is 0 Å². The number of nitrogens with zero attached hydrogens (tertiary/aromatic N) is 1. The minimum Gasteiger partial charge on any atom is -0.329 e. The Morgan fingerprint density at radius 1 is 1.26 bits per heavy atom. The Bertz CT molecular complexity index is 276. The van der Waals surface area contributed by atoms with E-state index in [4.69, 9.17) is 5.73 Å². The summed E-state index contributed by atoms with van der Waals surface area (Å²) in [7, 11) is 2.35. The van der Waals surface area contributed by atoms with Crippen molar-refractivity contribution in [3.63, 3.8) is 0 Å². The van der Waals surface area contributed by atoms with Crippen LogP contribution in [0.25, 0.3) is 0 Å². The highest BCUT2D eigenvalue weighted by molar-refractivity contribution is 7.99. The molecule has 19 heavy (non-hydrogen) atoms. The quantitative estimate of drug-likeness (QED) is 0.803. The number of rotatable bonds is 4. The van der Waals surface area contributed by atoms with E-state index in [2.05, 4.69) is 37.6 Å². The molecule has 0 aromatic rings. The molecule has 1 saturated heterocycles. The van der Waals surface area contributed by atoms with Gasteiger partial charge in [-0.1, -0.05) is 26.7 Å². The van der Waals surface area contributed by atoms with Gasteiger partial charge >= 0.3 is 0 Å². The van der Waals surface area contributed by atoms with Crippen molar-refractivity contribution in [3.05, 3.63) is 0 Å². The Labute approximate surface area is 123 Å². The summed E-state index contributed by atoms with van der Waals surface area (Å²) in [6.07, 6.45) is 8.13. The first-order chi connectivity index (χ1) is 9.09. The Morgan fingerprint density at radius 3 is 2.63 bits per heavy atom. The number of hydrogen-bond acceptors (Lipinski definition) is 3. The van der Waals surface area contributed by atoms with E-state index < -0.39 is 0 Å². The maximum Gasteiger partial charge on any atom is 0.0332 e. The molecule has 0 spiro atoms. The van der Waals surface area contributed by atoms with E-state index in [-0.39, 0.29) is 0 Å². The zero-order chi connectivity index (χ0) is 13.9. The standard InChI is InChI=1S/C16H32N2S/c1-13(2)14-5-4-8-16(12-17,9-6-14)18(3)15-7-10-19-11-15/h13-15H,4-12,17H2,1-3H3. The fourth-order valence-corrected chi connectivity index (χ4v) is 5.27. The monoisotopic (exact) mass is 284 g/mol. The third kappa shape index (κ3) is 3.48. The second-order valence-electron chi connectivity index (χ2n) is 6.99. The van der Waals surface area contributed by atoms with Crippen molar-refractivity contribution in [1.82, 2.24) is 4.90 Å². The first-order valence-electron chi connectivity index (χ1n) is 8.10. The van der Waals surface area contributed by atoms with Gasteiger partial charge < -0.3 is 5.73 Å². The summed E-state index contributed by atoms with van der Waals surface area (Å²) in [4.78, 5) is 2.68. The van der Waals surface area contributed by atoms with Crippen molar-refractivity contribution >= 4 is 11.8 Å². The van der Waals surface area contributed by atoms with Gasteiger partial charge in [0.25, 0.3) is 0 Å². The van der Waals surface area contributed by atoms with Gasteiger partial charge in [-0.25, -0.2) is 0 Å². The summed E-state index contributed by atoms with van der Waals surface area (Å²) in [6.45, 7) is 5.62. The first-order valence-corrected chi connectivity index (χ1v) is 9.25. The minimum absolute atomic E-state index is 0.291. The average molecular weight is 285 g/mol. The Morgan fingerprint density at radius 2 is 2.05 bits per heavy atom. The van der Waals surface area contributed by atoms with Crippen LogP contribution in [0, 0.1) is 11.8 Å². The van der Waals surface area contributed by atoms with E-state index in [9.17, 15) is 0 Å². The lowest BCUT2D eigenvalue weighted by atomic mass is 9.85. The molecule has 0 aromatic carbocycles. The summed E-state index contributed by atoms with van der Waals surface area (Å²) < 4.78 is 0. The second-order valence-corrected chi connectivity index (χ2v) is 8.14. The highest BCUT2D eigenvalue weighted by Crippen LogP contribution is 2.38. The second kappa shape index (κ2) is 6.82. The molecule has 3 heteroatoms. The summed E-state index contributed by atoms with van der Waals surface area (Å²) in [6, 6.07) is 0.768. The lowest BCUT2D eigenvalue weighted by Crippen LogP contribution is -2.55. The SMILES string of the molecule is CC(C)C1CCCC(CN)(N(C)C2CCSC2)CC1. The van der Waals surface area contributed by atoms with Crippen LogP contribution >= 0.6 is 11.8 Å². The van der Waals surface area contributed by atoms with Crippen LogP contribution in [-0.4, -0.2) is 41.6 Å². The van der Waals surface area contributed by atoms with E-state index in [1.807, 2.05) is 0 Å². The lowest BCUT2D eigenvalue weighted by Gasteiger charge is -2.44. The Balaban J connectivity index is 2.04. The molecule has 0 amide bonds. The lowest BCUT2D eigenvalue weighted by molar-refractivity contribution is 0.0707. The van der Waals surface area contributed by atoms with Crippen LogP contribution in [0.1, 0.15) is 52.4 Å². The van der Waals surface area contributed by atoms with Crippen LogP contribution < -0.4 is 5.73 Å². The normalized spacial score (nSPS) is 36.9. The van der Waals surface area contributed by atoms with Crippen LogP contribution in [0.2, 0.25) is 0 Å². The van der Waals surface area contributed by atoms with Gasteiger partial charge in [-0.2, -0.15) is 11.8 Å². The molecule has 1 aliphatic carbocycles. The molecule has 2 rings (SSSR count). The van der Waals surface area contributed by atoms with E-state index in [1.165, 1.54) is 50.0 Å². The van der Waals surface area contributed by atoms with Crippen LogP contribution in [0.15, 0.2) is 0 Å². The number of thioether (sulfide) groups is 1. The van der Waals surface area contributed by atoms with E-state index in [0.29, 0.717) is 5.54 Å². The minimum atomic E-state index is 0.291. The van der Waals surface area contributed by atoms with Crippen LogP contribution in [-0.2, 0) is 0 Å². The number of hydrogen-bond donors (Lipinski definition) is 1. The molecule has 1 aliphatic heterocycles. The zero-order valence-electron chi connectivity index (χ0n) is 13.0. The predicted molar refractivity (Wildman–Crippen MR) is 86.7 cm³/mol. The fourth-order valence-electron chi connectivity index (χ4n) is 4.00. The van der Waals surface area contributed by atoms with Gasteiger partial charge in [-0.05, 0) is 50.3 Å². The Hall–Kier alpha value is 0.270. The summed E-state index contributed by atoms with van der Waals surface area (Å²) >= 11 is 2.11. The molecule has 1 heterocycles. The maximum atomic E-state index is 6.25. The molecule has 3 atom stereocenters. The van der Waals surface area contributed by atoms with Crippen LogP contribution in [0.4, 0.5) is 0 Å². The van der Waals surface area contributed by atoms with Gasteiger partial charge in [0.05, 0.1) is 0 Å². The maximum absolute atomic E-state index is 6.25. The van der Waals surface area contributed by atoms with Gasteiger partial charge in [0, 0.05) is 23.9 Å². The smallest absolute Gasteiger partial charge is 0.0332 e. The molecule has 112 valence electrons. The Kier molecular flexibility index (Phi) is 5.62. The largest absolute Gasteiger partial charge is 0.329 e. The van der Waals surface area contributed by atoms with E-state index >= 15 is 0 Å². The summed E-state index contributed by atoms with van der Waals surface area (Å²) in [5.41, 5.74) is 6.54. The van der Waals surface area contributed by atoms with Crippen molar-refractivity contribution < 1.29 is 0 Å². The topological polar surface area (TPSA) is 29.3 Å². The molecule has 0 bridgehead atoms. The molecule has 2 N–H and O–H groups in total. The molecular formula is C16H32N2S. The van der Waals surface area contributed by atoms with Gasteiger partial charge in [0.1, 0.15) is 0 Å². The highest BCUT2D eigenvalue weighted by atomic mass is 32.2. The average Bonchev–Trinajstić information content (AvgIpc) is 2.83.